The Labute approximate surface area is 135 Å². The Hall–Kier alpha value is -3.08. The third kappa shape index (κ3) is 3.30. The first kappa shape index (κ1) is 17.3. The summed E-state index contributed by atoms with van der Waals surface area (Å²) in [5, 5.41) is 30.8. The molecule has 0 spiro atoms. The summed E-state index contributed by atoms with van der Waals surface area (Å²) in [6.07, 6.45) is -0.0591. The summed E-state index contributed by atoms with van der Waals surface area (Å²) in [5.41, 5.74) is 4.77. The third-order valence-corrected chi connectivity index (χ3v) is 3.72. The number of non-ortho nitro benzene ring substituents is 1. The van der Waals surface area contributed by atoms with E-state index in [2.05, 4.69) is 0 Å². The summed E-state index contributed by atoms with van der Waals surface area (Å²) in [6.45, 7) is 0.137. The van der Waals surface area contributed by atoms with E-state index in [4.69, 9.17) is 10.8 Å². The van der Waals surface area contributed by atoms with Crippen molar-refractivity contribution in [2.45, 2.75) is 25.3 Å². The molecule has 1 heterocycles. The van der Waals surface area contributed by atoms with Gasteiger partial charge in [0.15, 0.2) is 0 Å². The first-order valence-electron chi connectivity index (χ1n) is 6.96. The van der Waals surface area contributed by atoms with Crippen LogP contribution in [0.4, 0.5) is 17.1 Å². The number of hydrogen-bond acceptors (Lipinski definition) is 7. The molecule has 3 N–H and O–H groups in total. The number of nitrogens with two attached hydrogens (primary N) is 1. The maximum Gasteiger partial charge on any atom is 0.320 e. The fraction of sp³-hybridized carbons (Fsp3) is 0.385. The summed E-state index contributed by atoms with van der Waals surface area (Å²) in [7, 11) is 0. The average molecular weight is 338 g/mol. The van der Waals surface area contributed by atoms with Crippen molar-refractivity contribution in [3.63, 3.8) is 0 Å². The summed E-state index contributed by atoms with van der Waals surface area (Å²) in [5.74, 6) is -1.76. The summed E-state index contributed by atoms with van der Waals surface area (Å²) in [6, 6.07) is 0.814. The highest BCUT2D eigenvalue weighted by atomic mass is 16.6. The Morgan fingerprint density at radius 3 is 2.50 bits per heavy atom. The predicted octanol–water partition coefficient (Wildman–Crippen LogP) is 0.584. The van der Waals surface area contributed by atoms with Gasteiger partial charge in [0.2, 0.25) is 5.91 Å². The zero-order valence-electron chi connectivity index (χ0n) is 12.4. The SMILES string of the molecule is N[C@@H](CCC(=O)N1CCc2cc([N+](=O)[O-])cc([N+](=O)[O-])c21)C(=O)O. The molecule has 0 saturated heterocycles. The number of aliphatic carboxylic acids is 1. The van der Waals surface area contributed by atoms with Crippen LogP contribution in [0.1, 0.15) is 18.4 Å². The van der Waals surface area contributed by atoms with Crippen LogP contribution in [0.2, 0.25) is 0 Å². The number of hydrogen-bond donors (Lipinski definition) is 2. The average Bonchev–Trinajstić information content (AvgIpc) is 2.94. The fourth-order valence-electron chi connectivity index (χ4n) is 2.54. The number of carbonyl (C=O) groups excluding carboxylic acids is 1. The van der Waals surface area contributed by atoms with Gasteiger partial charge in [0.05, 0.1) is 15.9 Å². The van der Waals surface area contributed by atoms with Gasteiger partial charge in [-0.05, 0) is 18.4 Å². The number of anilines is 1. The van der Waals surface area contributed by atoms with E-state index < -0.39 is 39.1 Å². The van der Waals surface area contributed by atoms with Gasteiger partial charge in [-0.3, -0.25) is 29.8 Å². The molecule has 11 nitrogen and oxygen atoms in total. The predicted molar refractivity (Wildman–Crippen MR) is 80.7 cm³/mol. The quantitative estimate of drug-likeness (QED) is 0.560. The first-order valence-corrected chi connectivity index (χ1v) is 6.96. The van der Waals surface area contributed by atoms with E-state index in [1.165, 1.54) is 6.07 Å². The van der Waals surface area contributed by atoms with Crippen LogP contribution >= 0.6 is 0 Å². The summed E-state index contributed by atoms with van der Waals surface area (Å²) >= 11 is 0. The van der Waals surface area contributed by atoms with Crippen molar-refractivity contribution in [1.82, 2.24) is 0 Å². The van der Waals surface area contributed by atoms with Crippen LogP contribution in [0, 0.1) is 20.2 Å². The molecule has 128 valence electrons. The van der Waals surface area contributed by atoms with E-state index in [0.717, 1.165) is 11.0 Å². The van der Waals surface area contributed by atoms with Crippen LogP contribution in [0.5, 0.6) is 0 Å². The van der Waals surface area contributed by atoms with Gasteiger partial charge in [0, 0.05) is 19.0 Å². The molecule has 0 aliphatic carbocycles. The van der Waals surface area contributed by atoms with Crippen molar-refractivity contribution in [3.8, 4) is 0 Å². The molecule has 11 heteroatoms. The molecule has 2 rings (SSSR count). The van der Waals surface area contributed by atoms with Gasteiger partial charge in [-0.15, -0.1) is 0 Å². The zero-order chi connectivity index (χ0) is 18.0. The minimum Gasteiger partial charge on any atom is -0.480 e. The number of amides is 1. The molecule has 1 aliphatic heterocycles. The van der Waals surface area contributed by atoms with E-state index in [-0.39, 0.29) is 31.5 Å². The molecular formula is C13H14N4O7. The number of rotatable bonds is 6. The largest absolute Gasteiger partial charge is 0.480 e. The smallest absolute Gasteiger partial charge is 0.320 e. The fourth-order valence-corrected chi connectivity index (χ4v) is 2.54. The number of nitro groups is 2. The van der Waals surface area contributed by atoms with Gasteiger partial charge in [0.25, 0.3) is 11.4 Å². The molecule has 0 saturated carbocycles. The van der Waals surface area contributed by atoms with Gasteiger partial charge in [-0.1, -0.05) is 0 Å². The molecule has 0 aromatic heterocycles. The molecule has 0 fully saturated rings. The van der Waals surface area contributed by atoms with E-state index >= 15 is 0 Å². The van der Waals surface area contributed by atoms with Crippen molar-refractivity contribution in [3.05, 3.63) is 37.9 Å². The second-order valence-corrected chi connectivity index (χ2v) is 5.27. The van der Waals surface area contributed by atoms with E-state index in [9.17, 15) is 29.8 Å². The van der Waals surface area contributed by atoms with Crippen LogP contribution in [0.15, 0.2) is 12.1 Å². The lowest BCUT2D eigenvalue weighted by molar-refractivity contribution is -0.393. The van der Waals surface area contributed by atoms with Gasteiger partial charge in [0.1, 0.15) is 11.7 Å². The normalized spacial score (nSPS) is 14.1. The minimum absolute atomic E-state index is 0.0273. The van der Waals surface area contributed by atoms with Crippen LogP contribution in [-0.2, 0) is 16.0 Å². The van der Waals surface area contributed by atoms with Gasteiger partial charge >= 0.3 is 5.97 Å². The van der Waals surface area contributed by atoms with E-state index in [1.54, 1.807) is 0 Å². The van der Waals surface area contributed by atoms with Crippen molar-refractivity contribution in [2.75, 3.05) is 11.4 Å². The lowest BCUT2D eigenvalue weighted by atomic mass is 10.1. The Bertz CT molecular complexity index is 733. The molecule has 1 aliphatic rings. The van der Waals surface area contributed by atoms with Crippen LogP contribution in [-0.4, -0.2) is 39.4 Å². The number of fused-ring (bicyclic) bond motifs is 1. The Morgan fingerprint density at radius 2 is 1.96 bits per heavy atom. The molecule has 1 atom stereocenters. The molecule has 0 bridgehead atoms. The zero-order valence-corrected chi connectivity index (χ0v) is 12.4. The highest BCUT2D eigenvalue weighted by Crippen LogP contribution is 2.40. The second kappa shape index (κ2) is 6.58. The lowest BCUT2D eigenvalue weighted by Crippen LogP contribution is -2.34. The minimum atomic E-state index is -1.24. The maximum absolute atomic E-state index is 12.2. The number of nitro benzene ring substituents is 2. The topological polar surface area (TPSA) is 170 Å². The highest BCUT2D eigenvalue weighted by molar-refractivity contribution is 5.98. The Morgan fingerprint density at radius 1 is 1.29 bits per heavy atom. The maximum atomic E-state index is 12.2. The monoisotopic (exact) mass is 338 g/mol. The van der Waals surface area contributed by atoms with Crippen molar-refractivity contribution in [2.24, 2.45) is 5.73 Å². The Kier molecular flexibility index (Phi) is 4.74. The van der Waals surface area contributed by atoms with Gasteiger partial charge in [-0.2, -0.15) is 0 Å². The molecular weight excluding hydrogens is 324 g/mol. The van der Waals surface area contributed by atoms with Gasteiger partial charge in [-0.25, -0.2) is 0 Å². The van der Waals surface area contributed by atoms with Crippen molar-refractivity contribution < 1.29 is 24.5 Å². The van der Waals surface area contributed by atoms with Crippen LogP contribution in [0.3, 0.4) is 0 Å². The summed E-state index contributed by atoms with van der Waals surface area (Å²) in [4.78, 5) is 44.6. The number of nitrogens with zero attached hydrogens (tertiary/aromatic N) is 3. The third-order valence-electron chi connectivity index (χ3n) is 3.72. The molecule has 1 aromatic carbocycles. The standard InChI is InChI=1S/C13H14N4O7/c14-9(13(19)20)1-2-11(18)15-4-3-7-5-8(16(21)22)6-10(12(7)15)17(23)24/h5-6,9H,1-4,14H2,(H,19,20)/t9-/m0/s1. The number of carbonyl (C=O) groups is 2. The molecule has 1 amide bonds. The first-order chi connectivity index (χ1) is 11.2. The van der Waals surface area contributed by atoms with Crippen LogP contribution < -0.4 is 10.6 Å². The van der Waals surface area contributed by atoms with Crippen molar-refractivity contribution >= 4 is 28.9 Å². The lowest BCUT2D eigenvalue weighted by Gasteiger charge is -2.17. The molecule has 0 unspecified atom stereocenters. The number of carboxylic acid groups (broad SMARTS) is 1. The van der Waals surface area contributed by atoms with Crippen molar-refractivity contribution in [1.29, 1.82) is 0 Å². The molecule has 0 radical (unpaired) electrons. The van der Waals surface area contributed by atoms with Crippen LogP contribution in [0.25, 0.3) is 0 Å². The highest BCUT2D eigenvalue weighted by Gasteiger charge is 2.35. The molecule has 1 aromatic rings. The molecule has 24 heavy (non-hydrogen) atoms. The number of benzene rings is 1. The summed E-state index contributed by atoms with van der Waals surface area (Å²) < 4.78 is 0. The number of carboxylic acids is 1. The second-order valence-electron chi connectivity index (χ2n) is 5.27. The van der Waals surface area contributed by atoms with E-state index in [1.807, 2.05) is 0 Å². The van der Waals surface area contributed by atoms with Gasteiger partial charge < -0.3 is 15.7 Å². The Balaban J connectivity index is 2.30. The van der Waals surface area contributed by atoms with E-state index in [0.29, 0.717) is 5.56 Å².